The zero-order valence-corrected chi connectivity index (χ0v) is 12.4. The Kier molecular flexibility index (Phi) is 4.82. The summed E-state index contributed by atoms with van der Waals surface area (Å²) in [6.45, 7) is 3.89. The highest BCUT2D eigenvalue weighted by Gasteiger charge is 2.16. The van der Waals surface area contributed by atoms with Crippen molar-refractivity contribution in [3.05, 3.63) is 52.9 Å². The van der Waals surface area contributed by atoms with Crippen molar-refractivity contribution in [1.82, 2.24) is 15.4 Å². The van der Waals surface area contributed by atoms with E-state index in [4.69, 9.17) is 10.6 Å². The molecule has 0 aliphatic rings. The first-order valence-electron chi connectivity index (χ1n) is 6.62. The lowest BCUT2D eigenvalue weighted by Crippen LogP contribution is -2.30. The van der Waals surface area contributed by atoms with E-state index in [9.17, 15) is 4.39 Å². The van der Waals surface area contributed by atoms with Crippen LogP contribution < -0.4 is 16.0 Å². The van der Waals surface area contributed by atoms with Gasteiger partial charge in [0, 0.05) is 35.6 Å². The number of rotatable bonds is 5. The summed E-state index contributed by atoms with van der Waals surface area (Å²) in [5.74, 6) is 6.02. The molecule has 0 bridgehead atoms. The molecule has 2 aromatic rings. The fourth-order valence-electron chi connectivity index (χ4n) is 2.36. The highest BCUT2D eigenvalue weighted by Crippen LogP contribution is 2.27. The first-order valence-corrected chi connectivity index (χ1v) is 6.62. The van der Waals surface area contributed by atoms with Gasteiger partial charge < -0.3 is 4.74 Å². The Bertz CT molecular complexity index is 633. The van der Waals surface area contributed by atoms with Crippen LogP contribution >= 0.6 is 0 Å². The zero-order chi connectivity index (χ0) is 15.4. The van der Waals surface area contributed by atoms with E-state index in [1.807, 2.05) is 13.8 Å². The molecule has 0 radical (unpaired) electrons. The van der Waals surface area contributed by atoms with E-state index in [-0.39, 0.29) is 11.9 Å². The van der Waals surface area contributed by atoms with E-state index in [1.54, 1.807) is 19.5 Å². The number of nitrogens with zero attached hydrogens (tertiary/aromatic N) is 2. The molecule has 0 aliphatic heterocycles. The number of pyridine rings is 2. The van der Waals surface area contributed by atoms with Crippen LogP contribution in [0, 0.1) is 19.7 Å². The normalized spacial score (nSPS) is 12.2. The second-order valence-corrected chi connectivity index (χ2v) is 4.91. The number of hydrazine groups is 1. The van der Waals surface area contributed by atoms with E-state index in [1.165, 1.54) is 6.07 Å². The van der Waals surface area contributed by atoms with Crippen LogP contribution in [0.2, 0.25) is 0 Å². The van der Waals surface area contributed by atoms with Gasteiger partial charge in [0.2, 0.25) is 0 Å². The predicted octanol–water partition coefficient (Wildman–Crippen LogP) is 1.99. The highest BCUT2D eigenvalue weighted by molar-refractivity contribution is 5.41. The number of hydrogen-bond acceptors (Lipinski definition) is 5. The lowest BCUT2D eigenvalue weighted by Gasteiger charge is -2.18. The molecule has 0 aliphatic carbocycles. The minimum absolute atomic E-state index is 0.271. The van der Waals surface area contributed by atoms with E-state index < -0.39 is 0 Å². The number of nitrogens with two attached hydrogens (primary N) is 1. The van der Waals surface area contributed by atoms with Gasteiger partial charge in [0.15, 0.2) is 0 Å². The van der Waals surface area contributed by atoms with E-state index in [0.717, 1.165) is 28.8 Å². The van der Waals surface area contributed by atoms with E-state index in [0.29, 0.717) is 12.0 Å². The molecule has 0 saturated heterocycles. The molecular formula is C15H19FN4O. The van der Waals surface area contributed by atoms with Crippen molar-refractivity contribution in [3.8, 4) is 5.75 Å². The first kappa shape index (κ1) is 15.3. The number of nitrogens with one attached hydrogen (secondary N) is 1. The monoisotopic (exact) mass is 290 g/mol. The molecule has 0 amide bonds. The Morgan fingerprint density at radius 2 is 2.10 bits per heavy atom. The van der Waals surface area contributed by atoms with Crippen molar-refractivity contribution in [2.75, 3.05) is 7.11 Å². The van der Waals surface area contributed by atoms with Gasteiger partial charge in [0.05, 0.1) is 19.3 Å². The largest absolute Gasteiger partial charge is 0.496 e. The maximum absolute atomic E-state index is 13.3. The van der Waals surface area contributed by atoms with Crippen molar-refractivity contribution in [1.29, 1.82) is 0 Å². The lowest BCUT2D eigenvalue weighted by molar-refractivity contribution is 0.406. The van der Waals surface area contributed by atoms with Crippen LogP contribution in [0.1, 0.15) is 28.4 Å². The second kappa shape index (κ2) is 6.60. The topological polar surface area (TPSA) is 73.1 Å². The van der Waals surface area contributed by atoms with Crippen LogP contribution in [0.5, 0.6) is 5.75 Å². The van der Waals surface area contributed by atoms with Crippen LogP contribution in [-0.4, -0.2) is 17.1 Å². The van der Waals surface area contributed by atoms with Crippen molar-refractivity contribution >= 4 is 0 Å². The first-order chi connectivity index (χ1) is 10.1. The van der Waals surface area contributed by atoms with Gasteiger partial charge in [0.1, 0.15) is 11.6 Å². The molecule has 112 valence electrons. The Balaban J connectivity index is 2.31. The molecule has 21 heavy (non-hydrogen) atoms. The Morgan fingerprint density at radius 1 is 1.33 bits per heavy atom. The van der Waals surface area contributed by atoms with Gasteiger partial charge in [-0.1, -0.05) is 0 Å². The van der Waals surface area contributed by atoms with Crippen LogP contribution in [0.25, 0.3) is 0 Å². The summed E-state index contributed by atoms with van der Waals surface area (Å²) in [6, 6.07) is 1.14. The maximum atomic E-state index is 13.3. The molecule has 2 aromatic heterocycles. The fraction of sp³-hybridized carbons (Fsp3) is 0.333. The summed E-state index contributed by atoms with van der Waals surface area (Å²) in [7, 11) is 1.63. The molecule has 3 N–H and O–H groups in total. The third-order valence-electron chi connectivity index (χ3n) is 3.48. The summed E-state index contributed by atoms with van der Waals surface area (Å²) in [4.78, 5) is 8.28. The number of halogens is 1. The minimum Gasteiger partial charge on any atom is -0.496 e. The highest BCUT2D eigenvalue weighted by atomic mass is 19.1. The smallest absolute Gasteiger partial charge is 0.141 e. The van der Waals surface area contributed by atoms with Crippen molar-refractivity contribution in [2.24, 2.45) is 5.84 Å². The Hall–Kier alpha value is -2.05. The van der Waals surface area contributed by atoms with Gasteiger partial charge in [-0.15, -0.1) is 0 Å². The third kappa shape index (κ3) is 3.34. The number of aryl methyl sites for hydroxylation is 1. The van der Waals surface area contributed by atoms with Gasteiger partial charge in [-0.2, -0.15) is 0 Å². The maximum Gasteiger partial charge on any atom is 0.141 e. The molecule has 2 heterocycles. The Labute approximate surface area is 123 Å². The van der Waals surface area contributed by atoms with E-state index >= 15 is 0 Å². The van der Waals surface area contributed by atoms with Gasteiger partial charge in [-0.3, -0.25) is 21.2 Å². The predicted molar refractivity (Wildman–Crippen MR) is 78.2 cm³/mol. The number of aromatic nitrogens is 2. The number of ether oxygens (including phenoxy) is 1. The lowest BCUT2D eigenvalue weighted by atomic mass is 10.0. The van der Waals surface area contributed by atoms with Gasteiger partial charge in [-0.25, -0.2) is 4.39 Å². The van der Waals surface area contributed by atoms with Crippen LogP contribution in [-0.2, 0) is 6.42 Å². The molecule has 0 aromatic carbocycles. The molecule has 1 unspecified atom stereocenters. The summed E-state index contributed by atoms with van der Waals surface area (Å²) >= 11 is 0. The molecule has 0 spiro atoms. The molecular weight excluding hydrogens is 271 g/mol. The fourth-order valence-corrected chi connectivity index (χ4v) is 2.36. The number of methoxy groups -OCH3 is 1. The van der Waals surface area contributed by atoms with Crippen molar-refractivity contribution in [3.63, 3.8) is 0 Å². The minimum atomic E-state index is -0.390. The van der Waals surface area contributed by atoms with Crippen molar-refractivity contribution < 1.29 is 9.13 Å². The molecule has 1 atom stereocenters. The average Bonchev–Trinajstić information content (AvgIpc) is 2.47. The Morgan fingerprint density at radius 3 is 2.71 bits per heavy atom. The SMILES string of the molecule is COc1c(C)cnc(CC(NN)c2cncc(F)c2)c1C. The van der Waals surface area contributed by atoms with Gasteiger partial charge in [-0.05, 0) is 25.5 Å². The third-order valence-corrected chi connectivity index (χ3v) is 3.48. The van der Waals surface area contributed by atoms with Crippen molar-refractivity contribution in [2.45, 2.75) is 26.3 Å². The number of hydrogen-bond donors (Lipinski definition) is 2. The zero-order valence-electron chi connectivity index (χ0n) is 12.4. The van der Waals surface area contributed by atoms with Gasteiger partial charge >= 0.3 is 0 Å². The summed E-state index contributed by atoms with van der Waals surface area (Å²) < 4.78 is 18.7. The van der Waals surface area contributed by atoms with Crippen LogP contribution in [0.15, 0.2) is 24.7 Å². The molecule has 0 saturated carbocycles. The van der Waals surface area contributed by atoms with Crippen LogP contribution in [0.4, 0.5) is 4.39 Å². The standard InChI is InChI=1S/C15H19FN4O/c1-9-6-19-13(10(2)15(9)21-3)5-14(20-17)11-4-12(16)8-18-7-11/h4,6-8,14,20H,5,17H2,1-3H3. The van der Waals surface area contributed by atoms with Crippen LogP contribution in [0.3, 0.4) is 0 Å². The molecule has 2 rings (SSSR count). The molecule has 0 fully saturated rings. The summed E-state index contributed by atoms with van der Waals surface area (Å²) in [6.07, 6.45) is 5.03. The average molecular weight is 290 g/mol. The summed E-state index contributed by atoms with van der Waals surface area (Å²) in [5, 5.41) is 0. The van der Waals surface area contributed by atoms with E-state index in [2.05, 4.69) is 15.4 Å². The quantitative estimate of drug-likeness (QED) is 0.651. The molecule has 6 heteroatoms. The summed E-state index contributed by atoms with van der Waals surface area (Å²) in [5.41, 5.74) is 6.15. The molecule has 5 nitrogen and oxygen atoms in total. The van der Waals surface area contributed by atoms with Gasteiger partial charge in [0.25, 0.3) is 0 Å². The second-order valence-electron chi connectivity index (χ2n) is 4.91.